The second-order valence-corrected chi connectivity index (χ2v) is 5.87. The van der Waals surface area contributed by atoms with Gasteiger partial charge in [-0.2, -0.15) is 5.10 Å². The summed E-state index contributed by atoms with van der Waals surface area (Å²) in [5.74, 6) is 0. The average Bonchev–Trinajstić information content (AvgIpc) is 3.06. The number of nitrogens with zero attached hydrogens (tertiary/aromatic N) is 2. The maximum absolute atomic E-state index is 4.93. The number of hydrogen-bond donors (Lipinski definition) is 0. The Balaban J connectivity index is 2.12. The number of aryl methyl sites for hydroxylation is 2. The van der Waals surface area contributed by atoms with Gasteiger partial charge >= 0.3 is 0 Å². The molecule has 0 atom stereocenters. The molecule has 0 saturated carbocycles. The molecule has 2 heterocycles. The van der Waals surface area contributed by atoms with Gasteiger partial charge in [-0.3, -0.25) is 0 Å². The van der Waals surface area contributed by atoms with Gasteiger partial charge < -0.3 is 0 Å². The van der Waals surface area contributed by atoms with Crippen molar-refractivity contribution in [1.29, 1.82) is 0 Å². The maximum Gasteiger partial charge on any atom is 0.0934 e. The van der Waals surface area contributed by atoms with Crippen LogP contribution in [0, 0.1) is 0 Å². The van der Waals surface area contributed by atoms with Crippen LogP contribution in [0.25, 0.3) is 27.5 Å². The van der Waals surface area contributed by atoms with Crippen LogP contribution >= 0.6 is 0 Å². The van der Waals surface area contributed by atoms with Crippen molar-refractivity contribution in [3.05, 3.63) is 71.9 Å². The molecule has 2 heteroatoms. The standard InChI is InChI=1S/C21H20N2/c1-3-16-17-12-8-9-13-18(17)21-14-19(15-10-6-5-7-11-15)22-23(21)20(16)4-2/h5-14H,3-4H2,1-2H3. The molecule has 23 heavy (non-hydrogen) atoms. The summed E-state index contributed by atoms with van der Waals surface area (Å²) in [6.07, 6.45) is 2.01. The first-order chi connectivity index (χ1) is 11.3. The third-order valence-corrected chi connectivity index (χ3v) is 4.60. The molecule has 0 N–H and O–H groups in total. The first-order valence-corrected chi connectivity index (χ1v) is 8.31. The van der Waals surface area contributed by atoms with E-state index in [9.17, 15) is 0 Å². The summed E-state index contributed by atoms with van der Waals surface area (Å²) in [4.78, 5) is 0. The van der Waals surface area contributed by atoms with E-state index in [1.807, 2.05) is 6.07 Å². The van der Waals surface area contributed by atoms with E-state index in [1.165, 1.54) is 33.1 Å². The van der Waals surface area contributed by atoms with Crippen LogP contribution in [0.15, 0.2) is 60.7 Å². The van der Waals surface area contributed by atoms with Crippen molar-refractivity contribution < 1.29 is 0 Å². The normalized spacial score (nSPS) is 11.4. The van der Waals surface area contributed by atoms with E-state index in [0.717, 1.165) is 18.5 Å². The number of rotatable bonds is 3. The zero-order valence-electron chi connectivity index (χ0n) is 13.6. The highest BCUT2D eigenvalue weighted by Gasteiger charge is 2.15. The summed E-state index contributed by atoms with van der Waals surface area (Å²) >= 11 is 0. The molecule has 2 aromatic carbocycles. The molecule has 2 nitrogen and oxygen atoms in total. The van der Waals surface area contributed by atoms with Crippen molar-refractivity contribution in [2.75, 3.05) is 0 Å². The molecule has 2 aromatic heterocycles. The van der Waals surface area contributed by atoms with E-state index in [2.05, 4.69) is 73.0 Å². The lowest BCUT2D eigenvalue weighted by Crippen LogP contribution is -2.04. The maximum atomic E-state index is 4.93. The molecule has 0 amide bonds. The summed E-state index contributed by atoms with van der Waals surface area (Å²) in [7, 11) is 0. The highest BCUT2D eigenvalue weighted by Crippen LogP contribution is 2.30. The molecule has 0 fully saturated rings. The zero-order valence-corrected chi connectivity index (χ0v) is 13.6. The fraction of sp³-hybridized carbons (Fsp3) is 0.190. The fourth-order valence-electron chi connectivity index (χ4n) is 3.54. The van der Waals surface area contributed by atoms with E-state index in [1.54, 1.807) is 0 Å². The second kappa shape index (κ2) is 5.54. The third-order valence-electron chi connectivity index (χ3n) is 4.60. The molecule has 0 unspecified atom stereocenters. The number of aromatic nitrogens is 2. The highest BCUT2D eigenvalue weighted by molar-refractivity contribution is 5.99. The Hall–Kier alpha value is -2.61. The van der Waals surface area contributed by atoms with Crippen LogP contribution in [-0.4, -0.2) is 9.61 Å². The summed E-state index contributed by atoms with van der Waals surface area (Å²) < 4.78 is 2.16. The SMILES string of the molecule is CCc1c(CC)n2nc(-c3ccccc3)cc2c2ccccc12. The smallest absolute Gasteiger partial charge is 0.0934 e. The Morgan fingerprint density at radius 3 is 2.22 bits per heavy atom. The van der Waals surface area contributed by atoms with Gasteiger partial charge in [0, 0.05) is 16.6 Å². The second-order valence-electron chi connectivity index (χ2n) is 5.87. The summed E-state index contributed by atoms with van der Waals surface area (Å²) in [5, 5.41) is 7.58. The highest BCUT2D eigenvalue weighted by atomic mass is 15.2. The predicted octanol–water partition coefficient (Wildman–Crippen LogP) is 5.28. The lowest BCUT2D eigenvalue weighted by atomic mass is 9.99. The Labute approximate surface area is 136 Å². The first kappa shape index (κ1) is 14.0. The van der Waals surface area contributed by atoms with Gasteiger partial charge in [-0.25, -0.2) is 4.52 Å². The van der Waals surface area contributed by atoms with Crippen molar-refractivity contribution in [3.63, 3.8) is 0 Å². The minimum atomic E-state index is 0.987. The van der Waals surface area contributed by atoms with Crippen LogP contribution in [-0.2, 0) is 12.8 Å². The molecular weight excluding hydrogens is 280 g/mol. The number of hydrogen-bond acceptors (Lipinski definition) is 1. The minimum Gasteiger partial charge on any atom is -0.236 e. The van der Waals surface area contributed by atoms with Crippen LogP contribution in [0.5, 0.6) is 0 Å². The van der Waals surface area contributed by atoms with Crippen LogP contribution in [0.3, 0.4) is 0 Å². The Morgan fingerprint density at radius 1 is 0.826 bits per heavy atom. The largest absolute Gasteiger partial charge is 0.236 e. The van der Waals surface area contributed by atoms with Crippen molar-refractivity contribution >= 4 is 16.3 Å². The van der Waals surface area contributed by atoms with Crippen molar-refractivity contribution in [2.24, 2.45) is 0 Å². The first-order valence-electron chi connectivity index (χ1n) is 8.31. The van der Waals surface area contributed by atoms with E-state index in [4.69, 9.17) is 5.10 Å². The van der Waals surface area contributed by atoms with Gasteiger partial charge in [-0.15, -0.1) is 0 Å². The van der Waals surface area contributed by atoms with Gasteiger partial charge in [0.05, 0.1) is 11.2 Å². The Kier molecular flexibility index (Phi) is 3.38. The van der Waals surface area contributed by atoms with Gasteiger partial charge in [0.1, 0.15) is 0 Å². The van der Waals surface area contributed by atoms with Gasteiger partial charge in [0.2, 0.25) is 0 Å². The lowest BCUT2D eigenvalue weighted by Gasteiger charge is -2.13. The molecule has 0 aliphatic carbocycles. The summed E-state index contributed by atoms with van der Waals surface area (Å²) in [6.45, 7) is 4.45. The third kappa shape index (κ3) is 2.14. The van der Waals surface area contributed by atoms with E-state index >= 15 is 0 Å². The molecule has 114 valence electrons. The zero-order chi connectivity index (χ0) is 15.8. The van der Waals surface area contributed by atoms with Gasteiger partial charge in [-0.1, -0.05) is 68.4 Å². The van der Waals surface area contributed by atoms with Crippen LogP contribution in [0.1, 0.15) is 25.1 Å². The van der Waals surface area contributed by atoms with Crippen molar-refractivity contribution in [2.45, 2.75) is 26.7 Å². The molecule has 0 bridgehead atoms. The van der Waals surface area contributed by atoms with Crippen molar-refractivity contribution in [3.8, 4) is 11.3 Å². The quantitative estimate of drug-likeness (QED) is 0.503. The van der Waals surface area contributed by atoms with Gasteiger partial charge in [0.15, 0.2) is 0 Å². The van der Waals surface area contributed by atoms with E-state index in [-0.39, 0.29) is 0 Å². The molecule has 0 aliphatic heterocycles. The van der Waals surface area contributed by atoms with E-state index in [0.29, 0.717) is 0 Å². The summed E-state index contributed by atoms with van der Waals surface area (Å²) in [5.41, 5.74) is 6.15. The molecule has 0 saturated heterocycles. The Morgan fingerprint density at radius 2 is 1.52 bits per heavy atom. The van der Waals surface area contributed by atoms with Gasteiger partial charge in [0.25, 0.3) is 0 Å². The number of pyridine rings is 1. The van der Waals surface area contributed by atoms with Crippen LogP contribution in [0.4, 0.5) is 0 Å². The molecule has 0 spiro atoms. The summed E-state index contributed by atoms with van der Waals surface area (Å²) in [6, 6.07) is 21.3. The topological polar surface area (TPSA) is 17.3 Å². The average molecular weight is 300 g/mol. The molecule has 4 aromatic rings. The monoisotopic (exact) mass is 300 g/mol. The Bertz CT molecular complexity index is 981. The molecule has 0 aliphatic rings. The van der Waals surface area contributed by atoms with Crippen LogP contribution in [0.2, 0.25) is 0 Å². The molecule has 4 rings (SSSR count). The van der Waals surface area contributed by atoms with Crippen LogP contribution < -0.4 is 0 Å². The molecular formula is C21H20N2. The van der Waals surface area contributed by atoms with Crippen molar-refractivity contribution in [1.82, 2.24) is 9.61 Å². The van der Waals surface area contributed by atoms with E-state index < -0.39 is 0 Å². The fourth-order valence-corrected chi connectivity index (χ4v) is 3.54. The van der Waals surface area contributed by atoms with Gasteiger partial charge in [-0.05, 0) is 29.9 Å². The minimum absolute atomic E-state index is 0.987. The number of benzene rings is 2. The predicted molar refractivity (Wildman–Crippen MR) is 96.9 cm³/mol. The molecule has 0 radical (unpaired) electrons. The number of fused-ring (bicyclic) bond motifs is 3. The lowest BCUT2D eigenvalue weighted by molar-refractivity contribution is 0.848.